The zero-order valence-corrected chi connectivity index (χ0v) is 9.69. The lowest BCUT2D eigenvalue weighted by molar-refractivity contribution is 0.915. The van der Waals surface area contributed by atoms with Gasteiger partial charge in [0.25, 0.3) is 0 Å². The summed E-state index contributed by atoms with van der Waals surface area (Å²) in [5.41, 5.74) is 6.36. The summed E-state index contributed by atoms with van der Waals surface area (Å²) in [4.78, 5) is 8.29. The van der Waals surface area contributed by atoms with E-state index in [2.05, 4.69) is 41.7 Å². The maximum absolute atomic E-state index is 4.15. The lowest BCUT2D eigenvalue weighted by Gasteiger charge is -2.01. The van der Waals surface area contributed by atoms with Gasteiger partial charge in [0.15, 0.2) is 0 Å². The second kappa shape index (κ2) is 5.83. The molecule has 0 aliphatic carbocycles. The second-order valence-corrected chi connectivity index (χ2v) is 3.55. The van der Waals surface area contributed by atoms with Gasteiger partial charge >= 0.3 is 0 Å². The topological polar surface area (TPSA) is 97.6 Å². The number of hydrazone groups is 2. The normalized spacial score (nSPS) is 19.7. The van der Waals surface area contributed by atoms with E-state index in [1.54, 1.807) is 6.21 Å². The third-order valence-corrected chi connectivity index (χ3v) is 2.11. The first-order valence-corrected chi connectivity index (χ1v) is 5.50. The van der Waals surface area contributed by atoms with Crippen LogP contribution in [-0.2, 0) is 0 Å². The van der Waals surface area contributed by atoms with Crippen LogP contribution in [0.15, 0.2) is 20.2 Å². The number of nitrogens with zero attached hydrogens (tertiary/aromatic N) is 4. The molecule has 8 heteroatoms. The van der Waals surface area contributed by atoms with Crippen molar-refractivity contribution in [3.63, 3.8) is 0 Å². The van der Waals surface area contributed by atoms with E-state index in [1.807, 2.05) is 6.92 Å². The number of hydrogen-bond acceptors (Lipinski definition) is 8. The molecule has 0 amide bonds. The highest BCUT2D eigenvalue weighted by Crippen LogP contribution is 1.82. The molecule has 0 aromatic rings. The molecule has 0 bridgehead atoms. The van der Waals surface area contributed by atoms with Gasteiger partial charge in [0, 0.05) is 13.1 Å². The minimum Gasteiger partial charge on any atom is -0.353 e. The largest absolute Gasteiger partial charge is 0.353 e. The van der Waals surface area contributed by atoms with Crippen molar-refractivity contribution in [1.29, 1.82) is 0 Å². The molecular formula is C9H16N8. The minimum atomic E-state index is 0.698. The zero-order valence-electron chi connectivity index (χ0n) is 9.69. The van der Waals surface area contributed by atoms with Crippen LogP contribution in [0.25, 0.3) is 0 Å². The Morgan fingerprint density at radius 1 is 1.18 bits per heavy atom. The number of rotatable bonds is 3. The van der Waals surface area contributed by atoms with Gasteiger partial charge in [-0.15, -0.1) is 0 Å². The van der Waals surface area contributed by atoms with Gasteiger partial charge in [-0.2, -0.15) is 10.2 Å². The highest BCUT2D eigenvalue weighted by molar-refractivity contribution is 6.29. The first-order chi connectivity index (χ1) is 8.34. The highest BCUT2D eigenvalue weighted by Gasteiger charge is 2.02. The van der Waals surface area contributed by atoms with Gasteiger partial charge < -0.3 is 10.6 Å². The van der Waals surface area contributed by atoms with E-state index in [1.165, 1.54) is 0 Å². The van der Waals surface area contributed by atoms with Gasteiger partial charge in [-0.1, -0.05) is 0 Å². The molecule has 2 heterocycles. The van der Waals surface area contributed by atoms with Crippen LogP contribution in [0.5, 0.6) is 0 Å². The molecule has 0 saturated carbocycles. The van der Waals surface area contributed by atoms with Crippen molar-refractivity contribution < 1.29 is 0 Å². The van der Waals surface area contributed by atoms with E-state index in [4.69, 9.17) is 0 Å². The van der Waals surface area contributed by atoms with E-state index < -0.39 is 0 Å². The fourth-order valence-corrected chi connectivity index (χ4v) is 1.30. The van der Waals surface area contributed by atoms with Crippen molar-refractivity contribution in [1.82, 2.24) is 21.5 Å². The quantitative estimate of drug-likeness (QED) is 0.352. The number of hydrogen-bond donors (Lipinski definition) is 4. The molecule has 17 heavy (non-hydrogen) atoms. The van der Waals surface area contributed by atoms with Crippen molar-refractivity contribution in [3.8, 4) is 0 Å². The van der Waals surface area contributed by atoms with Gasteiger partial charge in [-0.3, -0.25) is 0 Å². The molecule has 0 fully saturated rings. The van der Waals surface area contributed by atoms with Crippen LogP contribution < -0.4 is 21.5 Å². The molecule has 0 radical (unpaired) electrons. The van der Waals surface area contributed by atoms with Gasteiger partial charge in [0.1, 0.15) is 0 Å². The van der Waals surface area contributed by atoms with E-state index in [-0.39, 0.29) is 0 Å². The first kappa shape index (κ1) is 11.4. The zero-order chi connectivity index (χ0) is 11.9. The van der Waals surface area contributed by atoms with Crippen LogP contribution >= 0.6 is 0 Å². The third-order valence-electron chi connectivity index (χ3n) is 2.11. The van der Waals surface area contributed by atoms with Crippen LogP contribution in [0.4, 0.5) is 0 Å². The fourth-order valence-electron chi connectivity index (χ4n) is 1.30. The van der Waals surface area contributed by atoms with Crippen molar-refractivity contribution >= 4 is 23.8 Å². The van der Waals surface area contributed by atoms with Crippen LogP contribution in [0.3, 0.4) is 0 Å². The molecule has 0 aromatic heterocycles. The Balaban J connectivity index is 1.73. The molecule has 0 saturated heterocycles. The smallest absolute Gasteiger partial charge is 0.212 e. The first-order valence-electron chi connectivity index (χ1n) is 5.50. The Morgan fingerprint density at radius 3 is 2.41 bits per heavy atom. The summed E-state index contributed by atoms with van der Waals surface area (Å²) in [6, 6.07) is 0. The van der Waals surface area contributed by atoms with Crippen LogP contribution in [0, 0.1) is 0 Å². The summed E-state index contributed by atoms with van der Waals surface area (Å²) in [7, 11) is 0. The summed E-state index contributed by atoms with van der Waals surface area (Å²) < 4.78 is 0. The summed E-state index contributed by atoms with van der Waals surface area (Å²) in [6.45, 7) is 5.14. The summed E-state index contributed by atoms with van der Waals surface area (Å²) in [5, 5.41) is 14.2. The maximum atomic E-state index is 4.15. The van der Waals surface area contributed by atoms with Crippen LogP contribution in [-0.4, -0.2) is 50.0 Å². The molecular weight excluding hydrogens is 220 g/mol. The molecule has 2 rings (SSSR count). The SMILES string of the molecule is CC(/C=N/NC1=NCCN1)=N\NC1=NCCN1. The van der Waals surface area contributed by atoms with Crippen molar-refractivity contribution in [2.75, 3.05) is 26.2 Å². The van der Waals surface area contributed by atoms with Crippen molar-refractivity contribution in [2.45, 2.75) is 6.92 Å². The second-order valence-electron chi connectivity index (χ2n) is 3.55. The summed E-state index contributed by atoms with van der Waals surface area (Å²) in [6.07, 6.45) is 1.62. The Labute approximate surface area is 99.4 Å². The lowest BCUT2D eigenvalue weighted by Crippen LogP contribution is -2.31. The van der Waals surface area contributed by atoms with Crippen molar-refractivity contribution in [3.05, 3.63) is 0 Å². The van der Waals surface area contributed by atoms with E-state index in [0.29, 0.717) is 11.9 Å². The molecule has 4 N–H and O–H groups in total. The van der Waals surface area contributed by atoms with E-state index in [0.717, 1.165) is 31.9 Å². The molecule has 0 unspecified atom stereocenters. The minimum absolute atomic E-state index is 0.698. The van der Waals surface area contributed by atoms with Gasteiger partial charge in [-0.25, -0.2) is 20.8 Å². The average Bonchev–Trinajstić information content (AvgIpc) is 2.99. The monoisotopic (exact) mass is 236 g/mol. The lowest BCUT2D eigenvalue weighted by atomic mass is 10.5. The van der Waals surface area contributed by atoms with Crippen LogP contribution in [0.1, 0.15) is 6.92 Å². The Kier molecular flexibility index (Phi) is 3.90. The van der Waals surface area contributed by atoms with Crippen molar-refractivity contribution in [2.24, 2.45) is 20.2 Å². The summed E-state index contributed by atoms with van der Waals surface area (Å²) >= 11 is 0. The highest BCUT2D eigenvalue weighted by atomic mass is 15.4. The molecule has 0 spiro atoms. The number of guanidine groups is 2. The van der Waals surface area contributed by atoms with Gasteiger partial charge in [0.05, 0.1) is 25.0 Å². The number of aliphatic imine (C=N–C) groups is 2. The Bertz CT molecular complexity index is 380. The predicted octanol–water partition coefficient (Wildman–Crippen LogP) is -1.55. The maximum Gasteiger partial charge on any atom is 0.212 e. The number of nitrogens with one attached hydrogen (secondary N) is 4. The molecule has 92 valence electrons. The molecule has 2 aliphatic rings. The van der Waals surface area contributed by atoms with Gasteiger partial charge in [-0.05, 0) is 6.92 Å². The standard InChI is InChI=1S/C9H16N8/c1-7(15-17-9-12-4-5-13-9)6-14-16-8-10-2-3-11-8/h6H,2-5H2,1H3,(H2,10,11,16)(H2,12,13,17)/b14-6+,15-7+. The fraction of sp³-hybridized carbons (Fsp3) is 0.556. The van der Waals surface area contributed by atoms with E-state index in [9.17, 15) is 0 Å². The molecule has 0 aromatic carbocycles. The third kappa shape index (κ3) is 3.74. The predicted molar refractivity (Wildman–Crippen MR) is 68.5 cm³/mol. The molecule has 0 atom stereocenters. The molecule has 2 aliphatic heterocycles. The Morgan fingerprint density at radius 2 is 1.82 bits per heavy atom. The van der Waals surface area contributed by atoms with E-state index >= 15 is 0 Å². The van der Waals surface area contributed by atoms with Crippen LogP contribution in [0.2, 0.25) is 0 Å². The Hall–Kier alpha value is -2.12. The average molecular weight is 236 g/mol. The van der Waals surface area contributed by atoms with Gasteiger partial charge in [0.2, 0.25) is 11.9 Å². The summed E-state index contributed by atoms with van der Waals surface area (Å²) in [5.74, 6) is 1.40. The molecule has 8 nitrogen and oxygen atoms in total.